The van der Waals surface area contributed by atoms with Crippen LogP contribution in [0.2, 0.25) is 0 Å². The fourth-order valence-corrected chi connectivity index (χ4v) is 0.726. The minimum atomic E-state index is -4.46. The summed E-state index contributed by atoms with van der Waals surface area (Å²) in [5.74, 6) is -0.616. The van der Waals surface area contributed by atoms with Crippen molar-refractivity contribution in [2.75, 3.05) is 13.2 Å². The van der Waals surface area contributed by atoms with Crippen molar-refractivity contribution in [3.05, 3.63) is 12.2 Å². The van der Waals surface area contributed by atoms with E-state index < -0.39 is 13.8 Å². The summed E-state index contributed by atoms with van der Waals surface area (Å²) >= 11 is 0. The van der Waals surface area contributed by atoms with Crippen LogP contribution in [-0.4, -0.2) is 29.0 Å². The summed E-state index contributed by atoms with van der Waals surface area (Å²) in [6.07, 6.45) is 0. The van der Waals surface area contributed by atoms with Crippen LogP contribution >= 0.6 is 7.82 Å². The zero-order valence-corrected chi connectivity index (χ0v) is 8.99. The SMILES string of the molecule is C=C(C)C(=O)OCCOP(=O)(O)O.[H-].[Li+]. The third-order valence-corrected chi connectivity index (χ3v) is 1.44. The van der Waals surface area contributed by atoms with E-state index in [2.05, 4.69) is 15.8 Å². The monoisotopic (exact) mass is 218 g/mol. The molecule has 0 rings (SSSR count). The second-order valence-electron chi connectivity index (χ2n) is 2.24. The Kier molecular flexibility index (Phi) is 8.46. The zero-order chi connectivity index (χ0) is 10.5. The second kappa shape index (κ2) is 7.24. The maximum atomic E-state index is 10.7. The Morgan fingerprint density at radius 2 is 2.00 bits per heavy atom. The molecule has 0 fully saturated rings. The van der Waals surface area contributed by atoms with Crippen molar-refractivity contribution < 1.29 is 48.7 Å². The van der Waals surface area contributed by atoms with E-state index in [4.69, 9.17) is 9.79 Å². The maximum Gasteiger partial charge on any atom is 1.00 e. The van der Waals surface area contributed by atoms with Gasteiger partial charge in [0.1, 0.15) is 6.61 Å². The minimum Gasteiger partial charge on any atom is -1.00 e. The number of hydrogen-bond acceptors (Lipinski definition) is 4. The standard InChI is InChI=1S/C6H11O6P.Li.H/c1-5(2)6(7)11-3-4-12-13(8,9)10;;/h1,3-4H2,2H3,(H2,8,9,10);;/q;+1;-1. The predicted molar refractivity (Wildman–Crippen MR) is 44.9 cm³/mol. The molecule has 0 radical (unpaired) electrons. The van der Waals surface area contributed by atoms with Gasteiger partial charge in [0, 0.05) is 5.57 Å². The molecule has 0 aliphatic rings. The van der Waals surface area contributed by atoms with Crippen molar-refractivity contribution in [1.82, 2.24) is 0 Å². The van der Waals surface area contributed by atoms with Gasteiger partial charge in [0.05, 0.1) is 6.61 Å². The first-order valence-corrected chi connectivity index (χ1v) is 4.88. The van der Waals surface area contributed by atoms with Gasteiger partial charge in [-0.15, -0.1) is 0 Å². The first kappa shape index (κ1) is 16.4. The molecule has 2 N–H and O–H groups in total. The van der Waals surface area contributed by atoms with Crippen molar-refractivity contribution in [1.29, 1.82) is 0 Å². The van der Waals surface area contributed by atoms with Gasteiger partial charge in [0.2, 0.25) is 0 Å². The van der Waals surface area contributed by atoms with Crippen LogP contribution in [0, 0.1) is 0 Å². The number of ether oxygens (including phenoxy) is 1. The van der Waals surface area contributed by atoms with Crippen LogP contribution in [0.1, 0.15) is 8.35 Å². The number of phosphoric acid groups is 1. The first-order valence-electron chi connectivity index (χ1n) is 3.35. The van der Waals surface area contributed by atoms with Gasteiger partial charge in [0.25, 0.3) is 0 Å². The molecule has 78 valence electrons. The van der Waals surface area contributed by atoms with E-state index in [-0.39, 0.29) is 39.1 Å². The van der Waals surface area contributed by atoms with Crippen LogP contribution in [0.25, 0.3) is 0 Å². The van der Waals surface area contributed by atoms with E-state index in [0.29, 0.717) is 0 Å². The van der Waals surface area contributed by atoms with E-state index in [1.807, 2.05) is 0 Å². The average Bonchev–Trinajstić information content (AvgIpc) is 1.95. The van der Waals surface area contributed by atoms with E-state index in [9.17, 15) is 9.36 Å². The summed E-state index contributed by atoms with van der Waals surface area (Å²) in [5.41, 5.74) is 0.219. The summed E-state index contributed by atoms with van der Waals surface area (Å²) in [6.45, 7) is 4.22. The second-order valence-corrected chi connectivity index (χ2v) is 3.48. The topological polar surface area (TPSA) is 93.1 Å². The van der Waals surface area contributed by atoms with E-state index >= 15 is 0 Å². The van der Waals surface area contributed by atoms with E-state index in [0.717, 1.165) is 0 Å². The summed E-state index contributed by atoms with van der Waals surface area (Å²) in [7, 11) is -4.46. The summed E-state index contributed by atoms with van der Waals surface area (Å²) in [6, 6.07) is 0. The molecule has 14 heavy (non-hydrogen) atoms. The smallest absolute Gasteiger partial charge is 1.00 e. The first-order chi connectivity index (χ1) is 5.83. The van der Waals surface area contributed by atoms with Crippen molar-refractivity contribution in [3.63, 3.8) is 0 Å². The summed E-state index contributed by atoms with van der Waals surface area (Å²) < 4.78 is 18.6. The molecule has 0 spiro atoms. The van der Waals surface area contributed by atoms with Crippen LogP contribution < -0.4 is 18.9 Å². The molecule has 0 heterocycles. The molecule has 0 amide bonds. The average molecular weight is 218 g/mol. The maximum absolute atomic E-state index is 10.7. The molecule has 0 aliphatic heterocycles. The fourth-order valence-electron chi connectivity index (χ4n) is 0.414. The van der Waals surface area contributed by atoms with Crippen LogP contribution in [0.15, 0.2) is 12.2 Å². The van der Waals surface area contributed by atoms with Gasteiger partial charge in [-0.2, -0.15) is 0 Å². The van der Waals surface area contributed by atoms with Crippen LogP contribution in [-0.2, 0) is 18.6 Å². The Morgan fingerprint density at radius 1 is 1.50 bits per heavy atom. The molecule has 6 nitrogen and oxygen atoms in total. The molecule has 0 aromatic rings. The Balaban J connectivity index is -0.000000720. The predicted octanol–water partition coefficient (Wildman–Crippen LogP) is -2.67. The zero-order valence-electron chi connectivity index (χ0n) is 9.10. The largest absolute Gasteiger partial charge is 1.00 e. The Morgan fingerprint density at radius 3 is 2.36 bits per heavy atom. The molecule has 0 aromatic carbocycles. The minimum absolute atomic E-state index is 0. The summed E-state index contributed by atoms with van der Waals surface area (Å²) in [4.78, 5) is 27.1. The van der Waals surface area contributed by atoms with Gasteiger partial charge in [-0.3, -0.25) is 4.52 Å². The molecule has 0 aliphatic carbocycles. The van der Waals surface area contributed by atoms with Crippen LogP contribution in [0.3, 0.4) is 0 Å². The van der Waals surface area contributed by atoms with Crippen LogP contribution in [0.5, 0.6) is 0 Å². The number of hydrogen-bond donors (Lipinski definition) is 2. The Bertz CT molecular complexity index is 252. The fraction of sp³-hybridized carbons (Fsp3) is 0.500. The molecule has 0 bridgehead atoms. The number of carbonyl (C=O) groups is 1. The van der Waals surface area contributed by atoms with Crippen LogP contribution in [0.4, 0.5) is 0 Å². The molecule has 0 unspecified atom stereocenters. The van der Waals surface area contributed by atoms with Gasteiger partial charge >= 0.3 is 32.7 Å². The number of phosphoric ester groups is 1. The quantitative estimate of drug-likeness (QED) is 0.172. The third kappa shape index (κ3) is 10.0. The molecule has 0 aromatic heterocycles. The van der Waals surface area contributed by atoms with Crippen molar-refractivity contribution >= 4 is 13.8 Å². The van der Waals surface area contributed by atoms with Gasteiger partial charge < -0.3 is 16.0 Å². The normalized spacial score (nSPS) is 10.2. The van der Waals surface area contributed by atoms with Crippen molar-refractivity contribution in [2.24, 2.45) is 0 Å². The van der Waals surface area contributed by atoms with Gasteiger partial charge in [-0.1, -0.05) is 6.58 Å². The van der Waals surface area contributed by atoms with E-state index in [1.54, 1.807) is 0 Å². The number of esters is 1. The van der Waals surface area contributed by atoms with Gasteiger partial charge in [0.15, 0.2) is 0 Å². The van der Waals surface area contributed by atoms with Crippen molar-refractivity contribution in [3.8, 4) is 0 Å². The molecule has 8 heteroatoms. The van der Waals surface area contributed by atoms with Gasteiger partial charge in [-0.05, 0) is 6.92 Å². The number of rotatable bonds is 5. The molecule has 0 saturated heterocycles. The molecular formula is C6H12LiO6P. The van der Waals surface area contributed by atoms with E-state index in [1.165, 1.54) is 6.92 Å². The molecular weight excluding hydrogens is 206 g/mol. The Hall–Kier alpha value is -0.0826. The molecule has 0 saturated carbocycles. The van der Waals surface area contributed by atoms with Crippen molar-refractivity contribution in [2.45, 2.75) is 6.92 Å². The Labute approximate surface area is 95.2 Å². The molecule has 0 atom stereocenters. The third-order valence-electron chi connectivity index (χ3n) is 0.924. The number of carbonyl (C=O) groups excluding carboxylic acids is 1. The summed E-state index contributed by atoms with van der Waals surface area (Å²) in [5, 5.41) is 0. The van der Waals surface area contributed by atoms with Gasteiger partial charge in [-0.25, -0.2) is 9.36 Å².